The third-order valence-corrected chi connectivity index (χ3v) is 6.42. The van der Waals surface area contributed by atoms with Crippen molar-refractivity contribution in [2.24, 2.45) is 0 Å². The average molecular weight is 437 g/mol. The number of carbonyl (C=O) groups excluding carboxylic acids is 1. The van der Waals surface area contributed by atoms with Crippen LogP contribution in [0, 0.1) is 13.8 Å². The lowest BCUT2D eigenvalue weighted by Crippen LogP contribution is -2.40. The fraction of sp³-hybridized carbons (Fsp3) is 0.500. The smallest absolute Gasteiger partial charge is 0.252 e. The molecule has 0 spiro atoms. The monoisotopic (exact) mass is 436 g/mol. The quantitative estimate of drug-likeness (QED) is 0.584. The van der Waals surface area contributed by atoms with Crippen LogP contribution >= 0.6 is 0 Å². The number of carbonyl (C=O) groups is 1. The van der Waals surface area contributed by atoms with Crippen molar-refractivity contribution in [2.75, 3.05) is 26.7 Å². The van der Waals surface area contributed by atoms with Crippen LogP contribution in [0.2, 0.25) is 0 Å². The summed E-state index contributed by atoms with van der Waals surface area (Å²) in [6.07, 6.45) is 6.24. The summed E-state index contributed by atoms with van der Waals surface area (Å²) in [6, 6.07) is 8.37. The second-order valence-electron chi connectivity index (χ2n) is 8.42. The van der Waals surface area contributed by atoms with E-state index >= 15 is 0 Å². The Morgan fingerprint density at radius 1 is 1.16 bits per heavy atom. The van der Waals surface area contributed by atoms with Gasteiger partial charge in [0.25, 0.3) is 5.78 Å². The molecule has 1 aromatic carbocycles. The first kappa shape index (κ1) is 22.2. The Morgan fingerprint density at radius 3 is 2.62 bits per heavy atom. The van der Waals surface area contributed by atoms with Gasteiger partial charge in [-0.1, -0.05) is 18.6 Å². The highest BCUT2D eigenvalue weighted by Gasteiger charge is 2.23. The van der Waals surface area contributed by atoms with Gasteiger partial charge in [0, 0.05) is 24.4 Å². The zero-order chi connectivity index (χ0) is 22.5. The third-order valence-electron chi connectivity index (χ3n) is 6.42. The fourth-order valence-electron chi connectivity index (χ4n) is 4.57. The molecule has 1 fully saturated rings. The van der Waals surface area contributed by atoms with E-state index in [0.717, 1.165) is 35.8 Å². The van der Waals surface area contributed by atoms with Crippen LogP contribution in [0.3, 0.4) is 0 Å². The van der Waals surface area contributed by atoms with E-state index in [1.54, 1.807) is 11.6 Å². The predicted molar refractivity (Wildman–Crippen MR) is 123 cm³/mol. The van der Waals surface area contributed by atoms with E-state index in [9.17, 15) is 4.79 Å². The maximum absolute atomic E-state index is 12.8. The van der Waals surface area contributed by atoms with Gasteiger partial charge in [0.05, 0.1) is 13.2 Å². The van der Waals surface area contributed by atoms with Crippen LogP contribution in [0.1, 0.15) is 54.2 Å². The Bertz CT molecular complexity index is 1060. The van der Waals surface area contributed by atoms with E-state index in [-0.39, 0.29) is 11.9 Å². The van der Waals surface area contributed by atoms with Crippen molar-refractivity contribution in [1.82, 2.24) is 29.8 Å². The highest BCUT2D eigenvalue weighted by molar-refractivity contribution is 5.76. The van der Waals surface area contributed by atoms with Crippen molar-refractivity contribution in [3.63, 3.8) is 0 Å². The van der Waals surface area contributed by atoms with Gasteiger partial charge in [0.2, 0.25) is 5.91 Å². The van der Waals surface area contributed by atoms with Crippen LogP contribution in [0.25, 0.3) is 5.78 Å². The molecule has 1 N–H and O–H groups in total. The third kappa shape index (κ3) is 4.91. The minimum atomic E-state index is 0.0537. The Labute approximate surface area is 189 Å². The van der Waals surface area contributed by atoms with Gasteiger partial charge in [0.1, 0.15) is 12.1 Å². The average Bonchev–Trinajstić information content (AvgIpc) is 3.29. The number of rotatable bonds is 8. The lowest BCUT2D eigenvalue weighted by molar-refractivity contribution is -0.121. The molecule has 1 saturated heterocycles. The van der Waals surface area contributed by atoms with Crippen molar-refractivity contribution in [2.45, 2.75) is 52.0 Å². The summed E-state index contributed by atoms with van der Waals surface area (Å²) in [4.78, 5) is 23.9. The highest BCUT2D eigenvalue weighted by atomic mass is 16.5. The molecule has 3 aromatic rings. The lowest BCUT2D eigenvalue weighted by atomic mass is 10.0. The Balaban J connectivity index is 1.40. The molecule has 1 amide bonds. The molecule has 32 heavy (non-hydrogen) atoms. The maximum atomic E-state index is 12.8. The number of piperidine rings is 1. The van der Waals surface area contributed by atoms with Gasteiger partial charge in [-0.2, -0.15) is 10.1 Å². The van der Waals surface area contributed by atoms with Crippen LogP contribution in [0.15, 0.2) is 30.6 Å². The molecular weight excluding hydrogens is 404 g/mol. The van der Waals surface area contributed by atoms with Gasteiger partial charge in [-0.15, -0.1) is 0 Å². The van der Waals surface area contributed by atoms with E-state index in [1.165, 1.54) is 31.2 Å². The number of aryl methyl sites for hydroxylation is 2. The van der Waals surface area contributed by atoms with Gasteiger partial charge >= 0.3 is 0 Å². The summed E-state index contributed by atoms with van der Waals surface area (Å²) in [6.45, 7) is 6.69. The van der Waals surface area contributed by atoms with E-state index < -0.39 is 0 Å². The van der Waals surface area contributed by atoms with E-state index in [0.29, 0.717) is 25.2 Å². The number of ether oxygens (including phenoxy) is 1. The molecule has 8 nitrogen and oxygen atoms in total. The molecule has 3 heterocycles. The van der Waals surface area contributed by atoms with E-state index in [2.05, 4.69) is 37.4 Å². The van der Waals surface area contributed by atoms with Gasteiger partial charge in [0.15, 0.2) is 0 Å². The number of nitrogens with zero attached hydrogens (tertiary/aromatic N) is 5. The molecule has 1 atom stereocenters. The summed E-state index contributed by atoms with van der Waals surface area (Å²) in [5.41, 5.74) is 4.16. The van der Waals surface area contributed by atoms with Gasteiger partial charge in [-0.3, -0.25) is 9.69 Å². The van der Waals surface area contributed by atoms with Crippen LogP contribution in [-0.4, -0.2) is 57.1 Å². The van der Waals surface area contributed by atoms with E-state index in [1.807, 2.05) is 26.0 Å². The lowest BCUT2D eigenvalue weighted by Gasteiger charge is -2.35. The minimum absolute atomic E-state index is 0.0537. The molecule has 1 aliphatic rings. The molecule has 0 unspecified atom stereocenters. The van der Waals surface area contributed by atoms with E-state index in [4.69, 9.17) is 4.74 Å². The Kier molecular flexibility index (Phi) is 6.99. The highest BCUT2D eigenvalue weighted by Crippen LogP contribution is 2.26. The normalized spacial score (nSPS) is 15.6. The van der Waals surface area contributed by atoms with Crippen molar-refractivity contribution in [3.8, 4) is 5.75 Å². The van der Waals surface area contributed by atoms with Gasteiger partial charge < -0.3 is 10.1 Å². The topological polar surface area (TPSA) is 84.6 Å². The molecule has 0 radical (unpaired) electrons. The minimum Gasteiger partial charge on any atom is -0.497 e. The van der Waals surface area contributed by atoms with Crippen molar-refractivity contribution in [3.05, 3.63) is 53.1 Å². The molecular formula is C24H32N6O2. The summed E-state index contributed by atoms with van der Waals surface area (Å²) in [7, 11) is 1.68. The summed E-state index contributed by atoms with van der Waals surface area (Å²) < 4.78 is 7.04. The first-order chi connectivity index (χ1) is 15.6. The maximum Gasteiger partial charge on any atom is 0.252 e. The van der Waals surface area contributed by atoms with Crippen LogP contribution in [0.5, 0.6) is 5.75 Å². The van der Waals surface area contributed by atoms with Gasteiger partial charge in [-0.05, 0) is 69.5 Å². The summed E-state index contributed by atoms with van der Waals surface area (Å²) in [5.74, 6) is 1.49. The number of likely N-dealkylation sites (tertiary alicyclic amines) is 1. The first-order valence-electron chi connectivity index (χ1n) is 11.4. The molecule has 0 bridgehead atoms. The number of fused-ring (bicyclic) bond motifs is 1. The zero-order valence-electron chi connectivity index (χ0n) is 19.2. The molecule has 0 aliphatic carbocycles. The van der Waals surface area contributed by atoms with Gasteiger partial charge in [-0.25, -0.2) is 9.50 Å². The molecule has 2 aromatic heterocycles. The number of hydrogen-bond acceptors (Lipinski definition) is 6. The van der Waals surface area contributed by atoms with Crippen molar-refractivity contribution < 1.29 is 9.53 Å². The van der Waals surface area contributed by atoms with Crippen molar-refractivity contribution in [1.29, 1.82) is 0 Å². The summed E-state index contributed by atoms with van der Waals surface area (Å²) in [5, 5.41) is 7.41. The largest absolute Gasteiger partial charge is 0.497 e. The fourth-order valence-corrected chi connectivity index (χ4v) is 4.57. The number of methoxy groups -OCH3 is 1. The predicted octanol–water partition coefficient (Wildman–Crippen LogP) is 3.03. The SMILES string of the molecule is COc1ccc([C@@H](CNC(=O)CCc2c(C)nc3ncnn3c2C)N2CCCCC2)cc1. The van der Waals surface area contributed by atoms with Crippen LogP contribution < -0.4 is 10.1 Å². The Hall–Kier alpha value is -3.00. The second kappa shape index (κ2) is 10.1. The number of hydrogen-bond donors (Lipinski definition) is 1. The number of benzene rings is 1. The Morgan fingerprint density at radius 2 is 1.91 bits per heavy atom. The van der Waals surface area contributed by atoms with Crippen LogP contribution in [-0.2, 0) is 11.2 Å². The molecule has 4 rings (SSSR count). The number of amides is 1. The standard InChI is InChI=1S/C24H32N6O2/c1-17-21(18(2)30-24(28-17)26-16-27-30)11-12-23(31)25-15-22(29-13-5-4-6-14-29)19-7-9-20(32-3)10-8-19/h7-10,16,22H,4-6,11-15H2,1-3H3,(H,25,31)/t22-/m1/s1. The van der Waals surface area contributed by atoms with Crippen molar-refractivity contribution >= 4 is 11.7 Å². The molecule has 8 heteroatoms. The zero-order valence-corrected chi connectivity index (χ0v) is 19.2. The molecule has 1 aliphatic heterocycles. The molecule has 170 valence electrons. The second-order valence-corrected chi connectivity index (χ2v) is 8.42. The summed E-state index contributed by atoms with van der Waals surface area (Å²) >= 11 is 0. The number of nitrogens with one attached hydrogen (secondary N) is 1. The number of aromatic nitrogens is 4. The molecule has 0 saturated carbocycles. The first-order valence-corrected chi connectivity index (χ1v) is 11.4. The van der Waals surface area contributed by atoms with Crippen LogP contribution in [0.4, 0.5) is 0 Å².